The van der Waals surface area contributed by atoms with Crippen molar-refractivity contribution in [1.29, 1.82) is 0 Å². The first-order chi connectivity index (χ1) is 11.2. The largest absolute Gasteiger partial charge is 0.383 e. The highest BCUT2D eigenvalue weighted by atomic mass is 32.2. The molecule has 0 radical (unpaired) electrons. The molecule has 1 aliphatic rings. The van der Waals surface area contributed by atoms with Crippen LogP contribution in [-0.2, 0) is 0 Å². The van der Waals surface area contributed by atoms with E-state index in [0.717, 1.165) is 25.2 Å². The normalized spacial score (nSPS) is 18.0. The predicted octanol–water partition coefficient (Wildman–Crippen LogP) is 2.28. The summed E-state index contributed by atoms with van der Waals surface area (Å²) in [4.78, 5) is 27.6. The van der Waals surface area contributed by atoms with Crippen molar-refractivity contribution in [1.82, 2.24) is 15.0 Å². The molecule has 120 valence electrons. The van der Waals surface area contributed by atoms with Gasteiger partial charge in [0.05, 0.1) is 0 Å². The highest BCUT2D eigenvalue weighted by Gasteiger charge is 2.28. The number of pyridine rings is 1. The Labute approximate surface area is 139 Å². The Morgan fingerprint density at radius 2 is 2.26 bits per heavy atom. The van der Waals surface area contributed by atoms with Gasteiger partial charge in [0.15, 0.2) is 10.9 Å². The van der Waals surface area contributed by atoms with E-state index in [1.807, 2.05) is 18.4 Å². The van der Waals surface area contributed by atoms with E-state index >= 15 is 0 Å². The summed E-state index contributed by atoms with van der Waals surface area (Å²) in [5, 5.41) is 0.651. The van der Waals surface area contributed by atoms with Crippen molar-refractivity contribution < 1.29 is 4.79 Å². The number of Topliss-reactive ketones (excluding diaryl/α,β-unsaturated/α-hetero) is 1. The average molecular weight is 329 g/mol. The van der Waals surface area contributed by atoms with Gasteiger partial charge in [0.1, 0.15) is 17.3 Å². The van der Waals surface area contributed by atoms with E-state index < -0.39 is 0 Å². The fourth-order valence-corrected chi connectivity index (χ4v) is 3.18. The fourth-order valence-electron chi connectivity index (χ4n) is 2.80. The van der Waals surface area contributed by atoms with Crippen molar-refractivity contribution in [2.24, 2.45) is 5.92 Å². The number of anilines is 2. The topological polar surface area (TPSA) is 85.0 Å². The average Bonchev–Trinajstić information content (AvgIpc) is 2.61. The van der Waals surface area contributed by atoms with Gasteiger partial charge in [0, 0.05) is 31.3 Å². The predicted molar refractivity (Wildman–Crippen MR) is 91.7 cm³/mol. The number of thioether (sulfide) groups is 1. The van der Waals surface area contributed by atoms with Crippen LogP contribution in [0.15, 0.2) is 35.6 Å². The second-order valence-corrected chi connectivity index (χ2v) is 6.28. The Balaban J connectivity index is 1.78. The molecule has 2 N–H and O–H groups in total. The van der Waals surface area contributed by atoms with Crippen molar-refractivity contribution in [3.8, 4) is 0 Å². The number of ketones is 1. The molecule has 0 aliphatic carbocycles. The van der Waals surface area contributed by atoms with Crippen LogP contribution in [0.5, 0.6) is 0 Å². The molecule has 23 heavy (non-hydrogen) atoms. The highest BCUT2D eigenvalue weighted by Crippen LogP contribution is 2.26. The van der Waals surface area contributed by atoms with Crippen LogP contribution in [0.1, 0.15) is 23.3 Å². The first-order valence-electron chi connectivity index (χ1n) is 7.56. The number of carbonyl (C=O) groups is 1. The van der Waals surface area contributed by atoms with Gasteiger partial charge < -0.3 is 10.6 Å². The number of nitrogens with two attached hydrogens (primary N) is 1. The highest BCUT2D eigenvalue weighted by molar-refractivity contribution is 7.98. The van der Waals surface area contributed by atoms with E-state index in [9.17, 15) is 4.79 Å². The summed E-state index contributed by atoms with van der Waals surface area (Å²) in [6.07, 6.45) is 5.40. The van der Waals surface area contributed by atoms with Gasteiger partial charge in [-0.05, 0) is 31.2 Å². The maximum atomic E-state index is 12.6. The van der Waals surface area contributed by atoms with Crippen molar-refractivity contribution in [3.63, 3.8) is 0 Å². The Kier molecular flexibility index (Phi) is 4.76. The molecule has 0 spiro atoms. The number of piperidine rings is 1. The number of nitrogens with zero attached hydrogens (tertiary/aromatic N) is 4. The minimum Gasteiger partial charge on any atom is -0.383 e. The molecule has 2 aromatic heterocycles. The molecule has 0 aromatic carbocycles. The molecule has 0 amide bonds. The van der Waals surface area contributed by atoms with Gasteiger partial charge in [0.25, 0.3) is 0 Å². The maximum absolute atomic E-state index is 12.6. The molecule has 1 saturated heterocycles. The van der Waals surface area contributed by atoms with Crippen LogP contribution in [-0.4, -0.2) is 40.1 Å². The zero-order chi connectivity index (χ0) is 16.2. The summed E-state index contributed by atoms with van der Waals surface area (Å²) in [7, 11) is 0. The Bertz CT molecular complexity index is 694. The molecule has 7 heteroatoms. The van der Waals surface area contributed by atoms with Crippen LogP contribution in [0, 0.1) is 5.92 Å². The van der Waals surface area contributed by atoms with Crippen LogP contribution in [0.4, 0.5) is 11.6 Å². The zero-order valence-corrected chi connectivity index (χ0v) is 13.8. The molecule has 1 atom stereocenters. The molecule has 1 aliphatic heterocycles. The molecule has 0 saturated carbocycles. The molecule has 6 nitrogen and oxygen atoms in total. The van der Waals surface area contributed by atoms with E-state index in [-0.39, 0.29) is 11.7 Å². The van der Waals surface area contributed by atoms with Gasteiger partial charge in [-0.1, -0.05) is 17.8 Å². The Morgan fingerprint density at radius 1 is 1.39 bits per heavy atom. The molecule has 3 heterocycles. The lowest BCUT2D eigenvalue weighted by Gasteiger charge is -2.32. The molecular formula is C16H19N5OS. The fraction of sp³-hybridized carbons (Fsp3) is 0.375. The number of rotatable bonds is 4. The summed E-state index contributed by atoms with van der Waals surface area (Å²) in [6, 6.07) is 7.21. The van der Waals surface area contributed by atoms with E-state index in [0.29, 0.717) is 23.2 Å². The van der Waals surface area contributed by atoms with Crippen LogP contribution in [0.3, 0.4) is 0 Å². The molecule has 3 rings (SSSR count). The van der Waals surface area contributed by atoms with Crippen molar-refractivity contribution in [2.45, 2.75) is 18.0 Å². The molecular weight excluding hydrogens is 310 g/mol. The van der Waals surface area contributed by atoms with E-state index in [4.69, 9.17) is 5.73 Å². The molecule has 0 bridgehead atoms. The zero-order valence-electron chi connectivity index (χ0n) is 13.0. The first kappa shape index (κ1) is 15.7. The number of aromatic nitrogens is 3. The van der Waals surface area contributed by atoms with Crippen molar-refractivity contribution in [3.05, 3.63) is 36.2 Å². The second kappa shape index (κ2) is 6.95. The number of hydrogen-bond donors (Lipinski definition) is 1. The molecule has 2 aromatic rings. The number of hydrogen-bond acceptors (Lipinski definition) is 7. The monoisotopic (exact) mass is 329 g/mol. The minimum atomic E-state index is -0.0624. The lowest BCUT2D eigenvalue weighted by Crippen LogP contribution is -2.39. The van der Waals surface area contributed by atoms with Crippen LogP contribution < -0.4 is 10.6 Å². The van der Waals surface area contributed by atoms with Gasteiger partial charge in [-0.15, -0.1) is 0 Å². The van der Waals surface area contributed by atoms with E-state index in [1.165, 1.54) is 11.8 Å². The van der Waals surface area contributed by atoms with Crippen LogP contribution >= 0.6 is 11.8 Å². The van der Waals surface area contributed by atoms with E-state index in [1.54, 1.807) is 18.3 Å². The third kappa shape index (κ3) is 3.61. The third-order valence-corrected chi connectivity index (χ3v) is 4.48. The van der Waals surface area contributed by atoms with Gasteiger partial charge in [-0.3, -0.25) is 9.78 Å². The van der Waals surface area contributed by atoms with Crippen LogP contribution in [0.2, 0.25) is 0 Å². The van der Waals surface area contributed by atoms with Crippen molar-refractivity contribution >= 4 is 29.2 Å². The lowest BCUT2D eigenvalue weighted by molar-refractivity contribution is 0.0902. The minimum absolute atomic E-state index is 0.0624. The Morgan fingerprint density at radius 3 is 3.00 bits per heavy atom. The summed E-state index contributed by atoms with van der Waals surface area (Å²) in [5.41, 5.74) is 6.39. The van der Waals surface area contributed by atoms with Crippen LogP contribution in [0.25, 0.3) is 0 Å². The quantitative estimate of drug-likeness (QED) is 0.523. The second-order valence-electron chi connectivity index (χ2n) is 5.50. The summed E-state index contributed by atoms with van der Waals surface area (Å²) >= 11 is 1.46. The van der Waals surface area contributed by atoms with Gasteiger partial charge in [-0.2, -0.15) is 0 Å². The SMILES string of the molecule is CSc1nc(N)cc(N2CCCC(C(=O)c3ccccn3)C2)n1. The smallest absolute Gasteiger partial charge is 0.191 e. The molecule has 1 unspecified atom stereocenters. The first-order valence-corrected chi connectivity index (χ1v) is 8.78. The standard InChI is InChI=1S/C16H19N5OS/c1-23-16-19-13(17)9-14(20-16)21-8-4-5-11(10-21)15(22)12-6-2-3-7-18-12/h2-3,6-7,9,11H,4-5,8,10H2,1H3,(H2,17,19,20). The van der Waals surface area contributed by atoms with Gasteiger partial charge in [-0.25, -0.2) is 9.97 Å². The summed E-state index contributed by atoms with van der Waals surface area (Å²) < 4.78 is 0. The van der Waals surface area contributed by atoms with Gasteiger partial charge >= 0.3 is 0 Å². The Hall–Kier alpha value is -2.15. The maximum Gasteiger partial charge on any atom is 0.191 e. The van der Waals surface area contributed by atoms with Gasteiger partial charge in [0.2, 0.25) is 0 Å². The van der Waals surface area contributed by atoms with E-state index in [2.05, 4.69) is 19.9 Å². The number of carbonyl (C=O) groups excluding carboxylic acids is 1. The third-order valence-electron chi connectivity index (χ3n) is 3.93. The summed E-state index contributed by atoms with van der Waals surface area (Å²) in [5.74, 6) is 1.29. The lowest BCUT2D eigenvalue weighted by atomic mass is 9.92. The molecule has 1 fully saturated rings. The number of nitrogen functional groups attached to an aromatic ring is 1. The van der Waals surface area contributed by atoms with Crippen molar-refractivity contribution in [2.75, 3.05) is 30.0 Å². The summed E-state index contributed by atoms with van der Waals surface area (Å²) in [6.45, 7) is 1.51.